The molecule has 0 saturated heterocycles. The van der Waals surface area contributed by atoms with Crippen molar-refractivity contribution < 1.29 is 42.6 Å². The molecule has 11 heteroatoms. The van der Waals surface area contributed by atoms with Gasteiger partial charge in [-0.2, -0.15) is 13.2 Å². The van der Waals surface area contributed by atoms with Gasteiger partial charge in [0.15, 0.2) is 11.5 Å². The molecule has 65 heavy (non-hydrogen) atoms. The number of aromatic hydroxyl groups is 2. The van der Waals surface area contributed by atoms with Crippen molar-refractivity contribution in [1.82, 2.24) is 4.90 Å². The van der Waals surface area contributed by atoms with Crippen LogP contribution in [0.5, 0.6) is 11.5 Å². The molecule has 3 aliphatic rings. The summed E-state index contributed by atoms with van der Waals surface area (Å²) in [6, 6.07) is 30.4. The molecule has 0 saturated carbocycles. The Morgan fingerprint density at radius 3 is 1.52 bits per heavy atom. The van der Waals surface area contributed by atoms with Crippen LogP contribution in [0.1, 0.15) is 110 Å². The van der Waals surface area contributed by atoms with Crippen LogP contribution >= 0.6 is 0 Å². The summed E-state index contributed by atoms with van der Waals surface area (Å²) >= 11 is 0. The van der Waals surface area contributed by atoms with E-state index in [4.69, 9.17) is 0 Å². The molecule has 0 bridgehead atoms. The molecule has 2 N–H and O–H groups in total. The number of alkyl halides is 3. The average Bonchev–Trinajstić information content (AvgIpc) is 3.77. The first-order valence-corrected chi connectivity index (χ1v) is 21.1. The number of hydrogen-bond acceptors (Lipinski definition) is 6. The highest BCUT2D eigenvalue weighted by molar-refractivity contribution is 6.35. The molecule has 2 unspecified atom stereocenters. The standard InChI is InChI=1S/C54H41F3N2O6/c1-26-16-35(17-27(2)30(26)5)53(43-21-32-11-9-8-10-31(32)20-39(43)40-24-45(60)46(61)25-44(40)53)36-18-28(3)47(29(4)19-36)59-50(64)38-15-13-34(23-42(38)51(59)65)52(6,54(55,56)57)33-12-14-37-41(22-33)49(63)58(7)48(37)62/h8-25,60-61H,1-7H3. The maximum atomic E-state index is 15.4. The molecule has 7 aromatic carbocycles. The first-order valence-electron chi connectivity index (χ1n) is 21.1. The molecule has 7 aromatic rings. The predicted octanol–water partition coefficient (Wildman–Crippen LogP) is 11.1. The number of amides is 4. The molecule has 2 atom stereocenters. The van der Waals surface area contributed by atoms with Crippen LogP contribution in [0, 0.1) is 34.6 Å². The predicted molar refractivity (Wildman–Crippen MR) is 241 cm³/mol. The second-order valence-corrected chi connectivity index (χ2v) is 17.8. The smallest absolute Gasteiger partial charge is 0.402 e. The second kappa shape index (κ2) is 13.7. The number of phenols is 2. The number of hydrogen-bond donors (Lipinski definition) is 2. The Bertz CT molecular complexity index is 3320. The first-order chi connectivity index (χ1) is 30.7. The fourth-order valence-electron chi connectivity index (χ4n) is 10.5. The van der Waals surface area contributed by atoms with Crippen molar-refractivity contribution in [3.8, 4) is 22.6 Å². The van der Waals surface area contributed by atoms with Crippen LogP contribution in [0.3, 0.4) is 0 Å². The number of carbonyl (C=O) groups is 4. The summed E-state index contributed by atoms with van der Waals surface area (Å²) in [6.45, 7) is 10.7. The lowest BCUT2D eigenvalue weighted by Gasteiger charge is -2.36. The second-order valence-electron chi connectivity index (χ2n) is 17.8. The van der Waals surface area contributed by atoms with E-state index in [1.54, 1.807) is 26.0 Å². The number of halogens is 3. The van der Waals surface area contributed by atoms with Gasteiger partial charge < -0.3 is 10.2 Å². The van der Waals surface area contributed by atoms with Crippen molar-refractivity contribution in [3.63, 3.8) is 0 Å². The normalized spacial score (nSPS) is 17.4. The van der Waals surface area contributed by atoms with Gasteiger partial charge in [0.2, 0.25) is 0 Å². The van der Waals surface area contributed by atoms with Gasteiger partial charge in [-0.25, -0.2) is 4.90 Å². The van der Waals surface area contributed by atoms with E-state index in [2.05, 4.69) is 31.2 Å². The van der Waals surface area contributed by atoms with Gasteiger partial charge in [0.25, 0.3) is 23.6 Å². The zero-order chi connectivity index (χ0) is 46.4. The minimum atomic E-state index is -4.94. The number of phenolic OH excluding ortho intramolecular Hbond substituents is 2. The number of fused-ring (bicyclic) bond motifs is 6. The molecule has 0 fully saturated rings. The molecule has 1 aliphatic carbocycles. The Balaban J connectivity index is 1.14. The summed E-state index contributed by atoms with van der Waals surface area (Å²) in [7, 11) is 1.26. The van der Waals surface area contributed by atoms with E-state index in [1.165, 1.54) is 25.2 Å². The van der Waals surface area contributed by atoms with Gasteiger partial charge in [-0.15, -0.1) is 0 Å². The average molecular weight is 871 g/mol. The van der Waals surface area contributed by atoms with Gasteiger partial charge in [0.1, 0.15) is 5.41 Å². The van der Waals surface area contributed by atoms with Crippen molar-refractivity contribution in [2.75, 3.05) is 11.9 Å². The highest BCUT2D eigenvalue weighted by Gasteiger charge is 2.55. The lowest BCUT2D eigenvalue weighted by Crippen LogP contribution is -2.41. The Kier molecular flexibility index (Phi) is 8.77. The van der Waals surface area contributed by atoms with Crippen molar-refractivity contribution in [3.05, 3.63) is 193 Å². The fourth-order valence-corrected chi connectivity index (χ4v) is 10.5. The molecule has 10 rings (SSSR count). The van der Waals surface area contributed by atoms with Crippen LogP contribution in [0.4, 0.5) is 18.9 Å². The Labute approximate surface area is 372 Å². The topological polar surface area (TPSA) is 115 Å². The summed E-state index contributed by atoms with van der Waals surface area (Å²) in [5.41, 5.74) is 4.54. The lowest BCUT2D eigenvalue weighted by molar-refractivity contribution is -0.173. The molecule has 324 valence electrons. The molecule has 0 radical (unpaired) electrons. The Morgan fingerprint density at radius 2 is 0.954 bits per heavy atom. The van der Waals surface area contributed by atoms with Gasteiger partial charge in [-0.05, 0) is 173 Å². The van der Waals surface area contributed by atoms with Crippen LogP contribution in [0.15, 0.2) is 109 Å². The van der Waals surface area contributed by atoms with Crippen LogP contribution < -0.4 is 4.90 Å². The van der Waals surface area contributed by atoms with Crippen molar-refractivity contribution in [2.45, 2.75) is 58.5 Å². The van der Waals surface area contributed by atoms with Crippen LogP contribution in [-0.2, 0) is 10.8 Å². The molecule has 2 aliphatic heterocycles. The first kappa shape index (κ1) is 41.5. The maximum absolute atomic E-state index is 15.4. The Hall–Kier alpha value is -7.53. The van der Waals surface area contributed by atoms with Crippen molar-refractivity contribution >= 4 is 40.1 Å². The summed E-state index contributed by atoms with van der Waals surface area (Å²) in [5, 5.41) is 24.1. The van der Waals surface area contributed by atoms with Gasteiger partial charge in [0.05, 0.1) is 33.4 Å². The number of benzene rings is 7. The van der Waals surface area contributed by atoms with E-state index in [9.17, 15) is 29.4 Å². The summed E-state index contributed by atoms with van der Waals surface area (Å²) < 4.78 is 46.2. The molecule has 0 aromatic heterocycles. The molecular weight excluding hydrogens is 830 g/mol. The quantitative estimate of drug-likeness (QED) is 0.131. The summed E-state index contributed by atoms with van der Waals surface area (Å²) in [4.78, 5) is 56.3. The van der Waals surface area contributed by atoms with E-state index in [0.717, 1.165) is 95.8 Å². The monoisotopic (exact) mass is 870 g/mol. The third kappa shape index (κ3) is 5.50. The highest BCUT2D eigenvalue weighted by atomic mass is 19.4. The van der Waals surface area contributed by atoms with E-state index >= 15 is 13.2 Å². The van der Waals surface area contributed by atoms with Crippen molar-refractivity contribution in [1.29, 1.82) is 0 Å². The van der Waals surface area contributed by atoms with Crippen LogP contribution in [0.2, 0.25) is 0 Å². The third-order valence-corrected chi connectivity index (χ3v) is 14.3. The zero-order valence-electron chi connectivity index (χ0n) is 36.4. The SMILES string of the molecule is Cc1cc(C2(c3cc(C)c(N4C(=O)c5ccc(C(C)(c6ccc7c(c6)C(=O)N(C)C7=O)C(F)(F)F)cc5C4=O)c(C)c3)c3cc(O)c(O)cc3-c3cc4ccccc4cc32)cc(C)c1C. The Morgan fingerprint density at radius 1 is 0.508 bits per heavy atom. The number of aryl methyl sites for hydroxylation is 4. The minimum absolute atomic E-state index is 0.00444. The highest BCUT2D eigenvalue weighted by Crippen LogP contribution is 2.60. The summed E-state index contributed by atoms with van der Waals surface area (Å²) in [5.74, 6) is -3.40. The van der Waals surface area contributed by atoms with Gasteiger partial charge >= 0.3 is 6.18 Å². The molecular formula is C54H41F3N2O6. The van der Waals surface area contributed by atoms with Crippen molar-refractivity contribution in [2.24, 2.45) is 0 Å². The van der Waals surface area contributed by atoms with Gasteiger partial charge in [-0.3, -0.25) is 24.1 Å². The lowest BCUT2D eigenvalue weighted by atomic mass is 9.66. The number of nitrogens with zero attached hydrogens (tertiary/aromatic N) is 2. The van der Waals surface area contributed by atoms with E-state index in [-0.39, 0.29) is 50.6 Å². The van der Waals surface area contributed by atoms with E-state index in [0.29, 0.717) is 11.1 Å². The number of carbonyl (C=O) groups excluding carboxylic acids is 4. The van der Waals surface area contributed by atoms with Crippen LogP contribution in [0.25, 0.3) is 21.9 Å². The van der Waals surface area contributed by atoms with E-state index < -0.39 is 40.6 Å². The number of anilines is 1. The molecule has 8 nitrogen and oxygen atoms in total. The number of rotatable bonds is 5. The van der Waals surface area contributed by atoms with Gasteiger partial charge in [-0.1, -0.05) is 60.7 Å². The number of imide groups is 2. The molecule has 0 spiro atoms. The van der Waals surface area contributed by atoms with Gasteiger partial charge in [0, 0.05) is 7.05 Å². The minimum Gasteiger partial charge on any atom is -0.504 e. The third-order valence-electron chi connectivity index (χ3n) is 14.3. The summed E-state index contributed by atoms with van der Waals surface area (Å²) in [6.07, 6.45) is -4.94. The van der Waals surface area contributed by atoms with Crippen LogP contribution in [-0.4, -0.2) is 52.0 Å². The fraction of sp³-hybridized carbons (Fsp3) is 0.185. The van der Waals surface area contributed by atoms with E-state index in [1.807, 2.05) is 50.2 Å². The largest absolute Gasteiger partial charge is 0.504 e. The maximum Gasteiger partial charge on any atom is 0.402 e. The zero-order valence-corrected chi connectivity index (χ0v) is 36.4. The molecule has 2 heterocycles. The molecule has 4 amide bonds.